The highest BCUT2D eigenvalue weighted by Crippen LogP contribution is 2.07. The molecule has 0 aliphatic heterocycles. The Morgan fingerprint density at radius 3 is 2.64 bits per heavy atom. The first-order valence-electron chi connectivity index (χ1n) is 5.01. The molecule has 0 heterocycles. The molecule has 0 aromatic rings. The van der Waals surface area contributed by atoms with E-state index in [9.17, 15) is 4.79 Å². The zero-order chi connectivity index (χ0) is 11.0. The van der Waals surface area contributed by atoms with Crippen molar-refractivity contribution in [1.29, 1.82) is 0 Å². The minimum absolute atomic E-state index is 0.0306. The SMILES string of the molecule is CCOCCC(=O)NC(C)(C)CCO. The minimum atomic E-state index is -0.335. The second-order valence-electron chi connectivity index (χ2n) is 3.85. The number of aliphatic hydroxyl groups is 1. The Labute approximate surface area is 85.6 Å². The highest BCUT2D eigenvalue weighted by Gasteiger charge is 2.18. The highest BCUT2D eigenvalue weighted by atomic mass is 16.5. The van der Waals surface area contributed by atoms with E-state index in [0.29, 0.717) is 26.1 Å². The van der Waals surface area contributed by atoms with Gasteiger partial charge >= 0.3 is 0 Å². The molecule has 0 spiro atoms. The van der Waals surface area contributed by atoms with E-state index >= 15 is 0 Å². The summed E-state index contributed by atoms with van der Waals surface area (Å²) in [5.74, 6) is -0.0306. The summed E-state index contributed by atoms with van der Waals surface area (Å²) in [4.78, 5) is 11.3. The first kappa shape index (κ1) is 13.4. The Morgan fingerprint density at radius 2 is 2.14 bits per heavy atom. The molecule has 0 saturated heterocycles. The van der Waals surface area contributed by atoms with Crippen LogP contribution in [0.4, 0.5) is 0 Å². The molecule has 4 nitrogen and oxygen atoms in total. The van der Waals surface area contributed by atoms with Crippen molar-refractivity contribution in [3.63, 3.8) is 0 Å². The number of hydrogen-bond acceptors (Lipinski definition) is 3. The zero-order valence-electron chi connectivity index (χ0n) is 9.30. The molecule has 4 heteroatoms. The summed E-state index contributed by atoms with van der Waals surface area (Å²) >= 11 is 0. The lowest BCUT2D eigenvalue weighted by Crippen LogP contribution is -2.44. The fourth-order valence-corrected chi connectivity index (χ4v) is 1.09. The molecule has 0 radical (unpaired) electrons. The van der Waals surface area contributed by atoms with Crippen molar-refractivity contribution in [3.8, 4) is 0 Å². The van der Waals surface area contributed by atoms with E-state index in [1.807, 2.05) is 20.8 Å². The minimum Gasteiger partial charge on any atom is -0.396 e. The topological polar surface area (TPSA) is 58.6 Å². The van der Waals surface area contributed by atoms with Gasteiger partial charge in [0.1, 0.15) is 0 Å². The first-order valence-corrected chi connectivity index (χ1v) is 5.01. The number of nitrogens with one attached hydrogen (secondary N) is 1. The molecule has 2 N–H and O–H groups in total. The number of carbonyl (C=O) groups is 1. The number of aliphatic hydroxyl groups excluding tert-OH is 1. The quantitative estimate of drug-likeness (QED) is 0.598. The molecule has 14 heavy (non-hydrogen) atoms. The summed E-state index contributed by atoms with van der Waals surface area (Å²) in [6, 6.07) is 0. The van der Waals surface area contributed by atoms with Crippen molar-refractivity contribution in [3.05, 3.63) is 0 Å². The summed E-state index contributed by atoms with van der Waals surface area (Å²) in [7, 11) is 0. The molecule has 0 aliphatic carbocycles. The van der Waals surface area contributed by atoms with E-state index in [4.69, 9.17) is 9.84 Å². The fraction of sp³-hybridized carbons (Fsp3) is 0.900. The lowest BCUT2D eigenvalue weighted by Gasteiger charge is -2.25. The zero-order valence-corrected chi connectivity index (χ0v) is 9.30. The molecule has 0 bridgehead atoms. The third-order valence-electron chi connectivity index (χ3n) is 1.89. The van der Waals surface area contributed by atoms with E-state index in [2.05, 4.69) is 5.32 Å². The summed E-state index contributed by atoms with van der Waals surface area (Å²) in [6.07, 6.45) is 0.941. The van der Waals surface area contributed by atoms with Gasteiger partial charge in [-0.2, -0.15) is 0 Å². The molecule has 0 atom stereocenters. The van der Waals surface area contributed by atoms with Gasteiger partial charge < -0.3 is 15.2 Å². The number of carbonyl (C=O) groups excluding carboxylic acids is 1. The van der Waals surface area contributed by atoms with E-state index in [1.54, 1.807) is 0 Å². The molecule has 0 rings (SSSR count). The maximum Gasteiger partial charge on any atom is 0.222 e. The van der Waals surface area contributed by atoms with Crippen LogP contribution in [-0.4, -0.2) is 36.4 Å². The Hall–Kier alpha value is -0.610. The van der Waals surface area contributed by atoms with E-state index < -0.39 is 0 Å². The smallest absolute Gasteiger partial charge is 0.222 e. The van der Waals surface area contributed by atoms with Gasteiger partial charge in [-0.15, -0.1) is 0 Å². The van der Waals surface area contributed by atoms with Crippen LogP contribution in [0.3, 0.4) is 0 Å². The Kier molecular flexibility index (Phi) is 6.49. The Balaban J connectivity index is 3.69. The van der Waals surface area contributed by atoms with Gasteiger partial charge in [0.25, 0.3) is 0 Å². The lowest BCUT2D eigenvalue weighted by atomic mass is 10.0. The molecular formula is C10H21NO3. The van der Waals surface area contributed by atoms with Crippen LogP contribution in [0, 0.1) is 0 Å². The van der Waals surface area contributed by atoms with Crippen LogP contribution in [-0.2, 0) is 9.53 Å². The highest BCUT2D eigenvalue weighted by molar-refractivity contribution is 5.76. The van der Waals surface area contributed by atoms with Gasteiger partial charge in [0, 0.05) is 25.2 Å². The standard InChI is InChI=1S/C10H21NO3/c1-4-14-8-5-9(13)11-10(2,3)6-7-12/h12H,4-8H2,1-3H3,(H,11,13). The second kappa shape index (κ2) is 6.79. The third kappa shape index (κ3) is 6.86. The monoisotopic (exact) mass is 203 g/mol. The summed E-state index contributed by atoms with van der Waals surface area (Å²) in [6.45, 7) is 6.85. The maximum atomic E-state index is 11.3. The van der Waals surface area contributed by atoms with Crippen molar-refractivity contribution in [2.24, 2.45) is 0 Å². The molecule has 0 fully saturated rings. The van der Waals surface area contributed by atoms with Crippen LogP contribution < -0.4 is 5.32 Å². The normalized spacial score (nSPS) is 11.4. The predicted molar refractivity (Wildman–Crippen MR) is 55.0 cm³/mol. The molecule has 0 aliphatic rings. The van der Waals surface area contributed by atoms with Gasteiger partial charge in [0.15, 0.2) is 0 Å². The van der Waals surface area contributed by atoms with Crippen LogP contribution >= 0.6 is 0 Å². The van der Waals surface area contributed by atoms with E-state index in [1.165, 1.54) is 0 Å². The molecular weight excluding hydrogens is 182 g/mol. The Bertz CT molecular complexity index is 169. The van der Waals surface area contributed by atoms with Gasteiger partial charge in [0.2, 0.25) is 5.91 Å². The number of amides is 1. The van der Waals surface area contributed by atoms with Crippen molar-refractivity contribution in [2.45, 2.75) is 39.2 Å². The molecule has 1 amide bonds. The second-order valence-corrected chi connectivity index (χ2v) is 3.85. The number of ether oxygens (including phenoxy) is 1. The van der Waals surface area contributed by atoms with Crippen molar-refractivity contribution >= 4 is 5.91 Å². The average Bonchev–Trinajstić information content (AvgIpc) is 2.03. The van der Waals surface area contributed by atoms with Gasteiger partial charge in [-0.3, -0.25) is 4.79 Å². The first-order chi connectivity index (χ1) is 6.52. The Morgan fingerprint density at radius 1 is 1.50 bits per heavy atom. The molecule has 0 unspecified atom stereocenters. The van der Waals surface area contributed by atoms with Crippen molar-refractivity contribution in [2.75, 3.05) is 19.8 Å². The van der Waals surface area contributed by atoms with Gasteiger partial charge in [-0.25, -0.2) is 0 Å². The molecule has 0 aromatic heterocycles. The summed E-state index contributed by atoms with van der Waals surface area (Å²) < 4.78 is 5.07. The van der Waals surface area contributed by atoms with Crippen LogP contribution in [0.2, 0.25) is 0 Å². The van der Waals surface area contributed by atoms with Crippen molar-refractivity contribution < 1.29 is 14.6 Å². The van der Waals surface area contributed by atoms with Gasteiger partial charge in [0.05, 0.1) is 6.61 Å². The largest absolute Gasteiger partial charge is 0.396 e. The van der Waals surface area contributed by atoms with Crippen molar-refractivity contribution in [1.82, 2.24) is 5.32 Å². The molecule has 84 valence electrons. The van der Waals surface area contributed by atoms with Crippen LogP contribution in [0.25, 0.3) is 0 Å². The summed E-state index contributed by atoms with van der Waals surface area (Å²) in [5.41, 5.74) is -0.335. The van der Waals surface area contributed by atoms with Gasteiger partial charge in [-0.05, 0) is 27.2 Å². The molecule has 0 aromatic carbocycles. The fourth-order valence-electron chi connectivity index (χ4n) is 1.09. The third-order valence-corrected chi connectivity index (χ3v) is 1.89. The lowest BCUT2D eigenvalue weighted by molar-refractivity contribution is -0.123. The van der Waals surface area contributed by atoms with E-state index in [0.717, 1.165) is 0 Å². The maximum absolute atomic E-state index is 11.3. The van der Waals surface area contributed by atoms with Crippen LogP contribution in [0.1, 0.15) is 33.6 Å². The van der Waals surface area contributed by atoms with Crippen LogP contribution in [0.15, 0.2) is 0 Å². The average molecular weight is 203 g/mol. The number of hydrogen-bond donors (Lipinski definition) is 2. The predicted octanol–water partition coefficient (Wildman–Crippen LogP) is 0.690. The summed E-state index contributed by atoms with van der Waals surface area (Å²) in [5, 5.41) is 11.6. The number of rotatable bonds is 7. The van der Waals surface area contributed by atoms with Crippen LogP contribution in [0.5, 0.6) is 0 Å². The van der Waals surface area contributed by atoms with E-state index in [-0.39, 0.29) is 18.1 Å². The molecule has 0 saturated carbocycles. The van der Waals surface area contributed by atoms with Gasteiger partial charge in [-0.1, -0.05) is 0 Å².